The zero-order valence-corrected chi connectivity index (χ0v) is 10.3. The van der Waals surface area contributed by atoms with Crippen LogP contribution in [0.1, 0.15) is 42.9 Å². The largest absolute Gasteiger partial charge is 0.378 e. The maximum absolute atomic E-state index is 13.8. The van der Waals surface area contributed by atoms with E-state index in [1.807, 2.05) is 6.07 Å². The van der Waals surface area contributed by atoms with Gasteiger partial charge in [0.05, 0.1) is 6.10 Å². The molecule has 2 N–H and O–H groups in total. The highest BCUT2D eigenvalue weighted by molar-refractivity contribution is 5.27. The molecule has 1 aliphatic rings. The lowest BCUT2D eigenvalue weighted by Gasteiger charge is -2.16. The van der Waals surface area contributed by atoms with Crippen molar-refractivity contribution in [1.82, 2.24) is 0 Å². The molecule has 1 fully saturated rings. The molecular weight excluding hydrogens is 217 g/mol. The molecule has 0 spiro atoms. The predicted molar refractivity (Wildman–Crippen MR) is 66.3 cm³/mol. The Balaban J connectivity index is 1.94. The second-order valence-corrected chi connectivity index (χ2v) is 4.80. The number of rotatable bonds is 4. The summed E-state index contributed by atoms with van der Waals surface area (Å²) in [6.45, 7) is 2.63. The standard InChI is InChI=1S/C14H20FNO/c1-10-4-2-6-12(14(10)15)13(16)8-7-11-5-3-9-17-11/h2,4,6,11,13H,3,5,7-9,16H2,1H3. The maximum atomic E-state index is 13.8. The van der Waals surface area contributed by atoms with Crippen molar-refractivity contribution in [2.45, 2.75) is 44.8 Å². The van der Waals surface area contributed by atoms with Gasteiger partial charge in [-0.1, -0.05) is 18.2 Å². The van der Waals surface area contributed by atoms with Crippen molar-refractivity contribution in [3.63, 3.8) is 0 Å². The van der Waals surface area contributed by atoms with Gasteiger partial charge in [0.1, 0.15) is 5.82 Å². The third-order valence-corrected chi connectivity index (χ3v) is 3.44. The molecule has 0 aliphatic carbocycles. The van der Waals surface area contributed by atoms with E-state index in [1.165, 1.54) is 0 Å². The van der Waals surface area contributed by atoms with Crippen molar-refractivity contribution < 1.29 is 9.13 Å². The zero-order chi connectivity index (χ0) is 12.3. The topological polar surface area (TPSA) is 35.2 Å². The van der Waals surface area contributed by atoms with Crippen LogP contribution in [0.5, 0.6) is 0 Å². The quantitative estimate of drug-likeness (QED) is 0.873. The second kappa shape index (κ2) is 5.61. The monoisotopic (exact) mass is 237 g/mol. The van der Waals surface area contributed by atoms with E-state index in [0.717, 1.165) is 32.3 Å². The first kappa shape index (κ1) is 12.5. The molecule has 0 bridgehead atoms. The van der Waals surface area contributed by atoms with Crippen LogP contribution in [-0.4, -0.2) is 12.7 Å². The lowest BCUT2D eigenvalue weighted by molar-refractivity contribution is 0.101. The number of ether oxygens (including phenoxy) is 1. The van der Waals surface area contributed by atoms with E-state index >= 15 is 0 Å². The third-order valence-electron chi connectivity index (χ3n) is 3.44. The van der Waals surface area contributed by atoms with Gasteiger partial charge in [0.15, 0.2) is 0 Å². The molecular formula is C14H20FNO. The molecule has 2 unspecified atom stereocenters. The number of benzene rings is 1. The van der Waals surface area contributed by atoms with Crippen molar-refractivity contribution >= 4 is 0 Å². The van der Waals surface area contributed by atoms with E-state index in [-0.39, 0.29) is 11.9 Å². The molecule has 0 saturated carbocycles. The van der Waals surface area contributed by atoms with E-state index in [9.17, 15) is 4.39 Å². The highest BCUT2D eigenvalue weighted by Gasteiger charge is 2.18. The minimum Gasteiger partial charge on any atom is -0.378 e. The number of aryl methyl sites for hydroxylation is 1. The van der Waals surface area contributed by atoms with Crippen molar-refractivity contribution in [2.24, 2.45) is 5.73 Å². The van der Waals surface area contributed by atoms with Crippen LogP contribution in [-0.2, 0) is 4.74 Å². The van der Waals surface area contributed by atoms with Gasteiger partial charge in [-0.3, -0.25) is 0 Å². The fourth-order valence-corrected chi connectivity index (χ4v) is 2.35. The first-order valence-corrected chi connectivity index (χ1v) is 6.30. The average Bonchev–Trinajstić information content (AvgIpc) is 2.82. The van der Waals surface area contributed by atoms with Gasteiger partial charge in [-0.2, -0.15) is 0 Å². The molecule has 1 saturated heterocycles. The van der Waals surface area contributed by atoms with Crippen LogP contribution in [0.4, 0.5) is 4.39 Å². The molecule has 1 aromatic carbocycles. The van der Waals surface area contributed by atoms with Crippen LogP contribution in [0.15, 0.2) is 18.2 Å². The van der Waals surface area contributed by atoms with E-state index in [1.54, 1.807) is 19.1 Å². The van der Waals surface area contributed by atoms with Crippen molar-refractivity contribution in [1.29, 1.82) is 0 Å². The highest BCUT2D eigenvalue weighted by atomic mass is 19.1. The molecule has 94 valence electrons. The molecule has 2 atom stereocenters. The van der Waals surface area contributed by atoms with Gasteiger partial charge in [-0.25, -0.2) is 4.39 Å². The van der Waals surface area contributed by atoms with Crippen LogP contribution < -0.4 is 5.73 Å². The van der Waals surface area contributed by atoms with Gasteiger partial charge in [-0.15, -0.1) is 0 Å². The van der Waals surface area contributed by atoms with Crippen molar-refractivity contribution in [3.8, 4) is 0 Å². The number of nitrogens with two attached hydrogens (primary N) is 1. The molecule has 0 aromatic heterocycles. The summed E-state index contributed by atoms with van der Waals surface area (Å²) in [5.74, 6) is -0.160. The Morgan fingerprint density at radius 1 is 1.53 bits per heavy atom. The molecule has 0 amide bonds. The maximum Gasteiger partial charge on any atom is 0.130 e. The van der Waals surface area contributed by atoms with Crippen LogP contribution in [0.3, 0.4) is 0 Å². The van der Waals surface area contributed by atoms with E-state index in [4.69, 9.17) is 10.5 Å². The molecule has 2 rings (SSSR count). The van der Waals surface area contributed by atoms with Gasteiger partial charge < -0.3 is 10.5 Å². The summed E-state index contributed by atoms with van der Waals surface area (Å²) >= 11 is 0. The molecule has 0 radical (unpaired) electrons. The van der Waals surface area contributed by atoms with Gasteiger partial charge in [-0.05, 0) is 38.2 Å². The summed E-state index contributed by atoms with van der Waals surface area (Å²) in [5, 5.41) is 0. The molecule has 17 heavy (non-hydrogen) atoms. The van der Waals surface area contributed by atoms with Crippen molar-refractivity contribution in [2.75, 3.05) is 6.61 Å². The Hall–Kier alpha value is -0.930. The SMILES string of the molecule is Cc1cccc(C(N)CCC2CCCO2)c1F. The average molecular weight is 237 g/mol. The lowest BCUT2D eigenvalue weighted by atomic mass is 9.98. The van der Waals surface area contributed by atoms with Gasteiger partial charge in [0.2, 0.25) is 0 Å². The van der Waals surface area contributed by atoms with Crippen LogP contribution in [0, 0.1) is 12.7 Å². The van der Waals surface area contributed by atoms with E-state index in [2.05, 4.69) is 0 Å². The van der Waals surface area contributed by atoms with E-state index in [0.29, 0.717) is 17.2 Å². The zero-order valence-electron chi connectivity index (χ0n) is 10.3. The fraction of sp³-hybridized carbons (Fsp3) is 0.571. The second-order valence-electron chi connectivity index (χ2n) is 4.80. The summed E-state index contributed by atoms with van der Waals surface area (Å²) in [6.07, 6.45) is 4.29. The fourth-order valence-electron chi connectivity index (χ4n) is 2.35. The number of halogens is 1. The minimum absolute atomic E-state index is 0.160. The number of hydrogen-bond acceptors (Lipinski definition) is 2. The van der Waals surface area contributed by atoms with Crippen LogP contribution in [0.2, 0.25) is 0 Å². The summed E-state index contributed by atoms with van der Waals surface area (Å²) in [7, 11) is 0. The minimum atomic E-state index is -0.223. The first-order valence-electron chi connectivity index (χ1n) is 6.30. The number of hydrogen-bond donors (Lipinski definition) is 1. The summed E-state index contributed by atoms with van der Waals surface area (Å²) < 4.78 is 19.4. The summed E-state index contributed by atoms with van der Waals surface area (Å²) in [4.78, 5) is 0. The molecule has 1 aliphatic heterocycles. The van der Waals surface area contributed by atoms with Gasteiger partial charge >= 0.3 is 0 Å². The summed E-state index contributed by atoms with van der Waals surface area (Å²) in [5.41, 5.74) is 7.34. The first-order chi connectivity index (χ1) is 8.18. The Kier molecular flexibility index (Phi) is 4.13. The Morgan fingerprint density at radius 2 is 2.35 bits per heavy atom. The van der Waals surface area contributed by atoms with Crippen LogP contribution >= 0.6 is 0 Å². The third kappa shape index (κ3) is 3.05. The van der Waals surface area contributed by atoms with Gasteiger partial charge in [0, 0.05) is 18.2 Å². The molecule has 2 nitrogen and oxygen atoms in total. The van der Waals surface area contributed by atoms with E-state index < -0.39 is 0 Å². The normalized spacial score (nSPS) is 21.7. The van der Waals surface area contributed by atoms with Crippen LogP contribution in [0.25, 0.3) is 0 Å². The molecule has 1 aromatic rings. The highest BCUT2D eigenvalue weighted by Crippen LogP contribution is 2.25. The molecule has 1 heterocycles. The predicted octanol–water partition coefficient (Wildman–Crippen LogP) is 3.09. The van der Waals surface area contributed by atoms with Crippen molar-refractivity contribution in [3.05, 3.63) is 35.1 Å². The molecule has 3 heteroatoms. The Bertz CT molecular complexity index is 374. The van der Waals surface area contributed by atoms with Gasteiger partial charge in [0.25, 0.3) is 0 Å². The Labute approximate surface area is 102 Å². The summed E-state index contributed by atoms with van der Waals surface area (Å²) in [6, 6.07) is 5.19. The smallest absolute Gasteiger partial charge is 0.130 e. The Morgan fingerprint density at radius 3 is 3.06 bits per heavy atom. The lowest BCUT2D eigenvalue weighted by Crippen LogP contribution is -2.16.